The summed E-state index contributed by atoms with van der Waals surface area (Å²) in [5.74, 6) is -0.218. The van der Waals surface area contributed by atoms with Gasteiger partial charge < -0.3 is 5.73 Å². The fourth-order valence-corrected chi connectivity index (χ4v) is 2.92. The number of imide groups is 1. The molecule has 2 atom stereocenters. The third-order valence-electron chi connectivity index (χ3n) is 4.15. The molecule has 1 saturated heterocycles. The van der Waals surface area contributed by atoms with Crippen LogP contribution in [0.1, 0.15) is 39.5 Å². The molecule has 5 heteroatoms. The Morgan fingerprint density at radius 1 is 1.28 bits per heavy atom. The van der Waals surface area contributed by atoms with E-state index in [1.807, 2.05) is 13.8 Å². The van der Waals surface area contributed by atoms with Crippen LogP contribution in [0, 0.1) is 17.3 Å². The minimum absolute atomic E-state index is 0.0194. The zero-order valence-corrected chi connectivity index (χ0v) is 11.8. The van der Waals surface area contributed by atoms with Crippen molar-refractivity contribution in [1.29, 1.82) is 0 Å². The van der Waals surface area contributed by atoms with E-state index in [0.29, 0.717) is 11.5 Å². The van der Waals surface area contributed by atoms with Gasteiger partial charge in [-0.25, -0.2) is 0 Å². The number of carbonyl (C=O) groups excluding carboxylic acids is 2. The molecule has 0 bridgehead atoms. The molecule has 2 rings (SSSR count). The van der Waals surface area contributed by atoms with Crippen LogP contribution in [0.5, 0.6) is 0 Å². The minimum atomic E-state index is -0.492. The highest BCUT2D eigenvalue weighted by Gasteiger charge is 2.49. The molecule has 18 heavy (non-hydrogen) atoms. The van der Waals surface area contributed by atoms with E-state index in [2.05, 4.69) is 0 Å². The molecule has 1 aliphatic heterocycles. The highest BCUT2D eigenvalue weighted by Crippen LogP contribution is 2.39. The summed E-state index contributed by atoms with van der Waals surface area (Å²) in [5, 5.41) is 0. The van der Waals surface area contributed by atoms with E-state index in [9.17, 15) is 9.59 Å². The predicted octanol–water partition coefficient (Wildman–Crippen LogP) is 1.47. The second kappa shape index (κ2) is 4.61. The first-order valence-electron chi connectivity index (χ1n) is 6.50. The molecule has 0 spiro atoms. The topological polar surface area (TPSA) is 63.4 Å². The van der Waals surface area contributed by atoms with Gasteiger partial charge in [0.05, 0.1) is 16.8 Å². The first kappa shape index (κ1) is 13.5. The third kappa shape index (κ3) is 2.16. The van der Waals surface area contributed by atoms with Crippen molar-refractivity contribution >= 4 is 29.0 Å². The normalized spacial score (nSPS) is 28.4. The maximum atomic E-state index is 12.3. The SMILES string of the molecule is CC(C)(CN1C(=O)C2CCCCC2C1=O)C(N)=S. The van der Waals surface area contributed by atoms with Gasteiger partial charge in [0.2, 0.25) is 11.8 Å². The zero-order valence-electron chi connectivity index (χ0n) is 10.9. The largest absolute Gasteiger partial charge is 0.393 e. The van der Waals surface area contributed by atoms with Crippen molar-refractivity contribution in [2.75, 3.05) is 6.54 Å². The Labute approximate surface area is 113 Å². The fourth-order valence-electron chi connectivity index (χ4n) is 2.86. The van der Waals surface area contributed by atoms with E-state index in [0.717, 1.165) is 25.7 Å². The van der Waals surface area contributed by atoms with Gasteiger partial charge in [0, 0.05) is 12.0 Å². The van der Waals surface area contributed by atoms with Crippen molar-refractivity contribution in [2.24, 2.45) is 23.0 Å². The van der Waals surface area contributed by atoms with Gasteiger partial charge in [-0.2, -0.15) is 0 Å². The molecule has 2 fully saturated rings. The summed E-state index contributed by atoms with van der Waals surface area (Å²) in [6.45, 7) is 4.06. The van der Waals surface area contributed by atoms with E-state index >= 15 is 0 Å². The van der Waals surface area contributed by atoms with Crippen LogP contribution in [-0.4, -0.2) is 28.2 Å². The Morgan fingerprint density at radius 2 is 1.72 bits per heavy atom. The molecule has 1 aliphatic carbocycles. The number of hydrogen-bond donors (Lipinski definition) is 1. The van der Waals surface area contributed by atoms with E-state index in [1.54, 1.807) is 0 Å². The number of nitrogens with two attached hydrogens (primary N) is 1. The Morgan fingerprint density at radius 3 is 2.11 bits per heavy atom. The van der Waals surface area contributed by atoms with Gasteiger partial charge in [-0.3, -0.25) is 14.5 Å². The molecule has 0 aromatic heterocycles. The van der Waals surface area contributed by atoms with Crippen LogP contribution >= 0.6 is 12.2 Å². The van der Waals surface area contributed by atoms with Crippen molar-refractivity contribution in [2.45, 2.75) is 39.5 Å². The van der Waals surface area contributed by atoms with Crippen LogP contribution < -0.4 is 5.73 Å². The maximum Gasteiger partial charge on any atom is 0.233 e. The quantitative estimate of drug-likeness (QED) is 0.622. The highest BCUT2D eigenvalue weighted by molar-refractivity contribution is 7.80. The molecule has 1 heterocycles. The van der Waals surface area contributed by atoms with Crippen molar-refractivity contribution < 1.29 is 9.59 Å². The molecule has 2 amide bonds. The Balaban J connectivity index is 2.17. The molecule has 100 valence electrons. The average molecular weight is 268 g/mol. The number of hydrogen-bond acceptors (Lipinski definition) is 3. The summed E-state index contributed by atoms with van der Waals surface area (Å²) >= 11 is 5.00. The number of carbonyl (C=O) groups is 2. The second-order valence-corrected chi connectivity index (χ2v) is 6.45. The Hall–Kier alpha value is -0.970. The molecule has 0 aromatic carbocycles. The van der Waals surface area contributed by atoms with Crippen LogP contribution in [0.2, 0.25) is 0 Å². The highest BCUT2D eigenvalue weighted by atomic mass is 32.1. The molecular formula is C13H20N2O2S. The number of fused-ring (bicyclic) bond motifs is 1. The number of thiocarbonyl (C=S) groups is 1. The van der Waals surface area contributed by atoms with Gasteiger partial charge in [-0.1, -0.05) is 38.9 Å². The van der Waals surface area contributed by atoms with Gasteiger partial charge in [0.25, 0.3) is 0 Å². The average Bonchev–Trinajstić information content (AvgIpc) is 2.55. The number of rotatable bonds is 3. The number of amides is 2. The molecule has 0 aromatic rings. The molecule has 2 unspecified atom stereocenters. The van der Waals surface area contributed by atoms with Gasteiger partial charge in [0.1, 0.15) is 0 Å². The van der Waals surface area contributed by atoms with Crippen molar-refractivity contribution in [3.63, 3.8) is 0 Å². The van der Waals surface area contributed by atoms with Crippen LogP contribution in [0.3, 0.4) is 0 Å². The van der Waals surface area contributed by atoms with Crippen LogP contribution in [0.15, 0.2) is 0 Å². The van der Waals surface area contributed by atoms with E-state index in [1.165, 1.54) is 4.90 Å². The molecular weight excluding hydrogens is 248 g/mol. The van der Waals surface area contributed by atoms with Gasteiger partial charge in [-0.15, -0.1) is 0 Å². The van der Waals surface area contributed by atoms with Crippen LogP contribution in [0.4, 0.5) is 0 Å². The molecule has 0 radical (unpaired) electrons. The smallest absolute Gasteiger partial charge is 0.233 e. The summed E-state index contributed by atoms with van der Waals surface area (Å²) in [7, 11) is 0. The van der Waals surface area contributed by atoms with E-state index < -0.39 is 5.41 Å². The Bertz CT molecular complexity index is 382. The number of likely N-dealkylation sites (tertiary alicyclic amines) is 1. The molecule has 2 aliphatic rings. The molecule has 4 nitrogen and oxygen atoms in total. The first-order chi connectivity index (χ1) is 8.34. The fraction of sp³-hybridized carbons (Fsp3) is 0.769. The third-order valence-corrected chi connectivity index (χ3v) is 4.71. The minimum Gasteiger partial charge on any atom is -0.393 e. The monoisotopic (exact) mass is 268 g/mol. The lowest BCUT2D eigenvalue weighted by molar-refractivity contribution is -0.140. The molecule has 1 saturated carbocycles. The molecule has 2 N–H and O–H groups in total. The standard InChI is InChI=1S/C13H20N2O2S/c1-13(2,12(14)18)7-15-10(16)8-5-3-4-6-9(8)11(15)17/h8-9H,3-7H2,1-2H3,(H2,14,18). The summed E-state index contributed by atoms with van der Waals surface area (Å²) < 4.78 is 0. The van der Waals surface area contributed by atoms with Crippen molar-refractivity contribution in [3.05, 3.63) is 0 Å². The van der Waals surface area contributed by atoms with Crippen molar-refractivity contribution in [3.8, 4) is 0 Å². The lowest BCUT2D eigenvalue weighted by Crippen LogP contribution is -2.44. The summed E-state index contributed by atoms with van der Waals surface area (Å²) in [6, 6.07) is 0. The van der Waals surface area contributed by atoms with Crippen LogP contribution in [0.25, 0.3) is 0 Å². The van der Waals surface area contributed by atoms with E-state index in [4.69, 9.17) is 18.0 Å². The second-order valence-electron chi connectivity index (χ2n) is 6.01. The van der Waals surface area contributed by atoms with E-state index in [-0.39, 0.29) is 23.7 Å². The maximum absolute atomic E-state index is 12.3. The van der Waals surface area contributed by atoms with Gasteiger partial charge in [0.15, 0.2) is 0 Å². The van der Waals surface area contributed by atoms with Gasteiger partial charge in [-0.05, 0) is 12.8 Å². The van der Waals surface area contributed by atoms with Crippen LogP contribution in [-0.2, 0) is 9.59 Å². The zero-order chi connectivity index (χ0) is 13.5. The predicted molar refractivity (Wildman–Crippen MR) is 72.7 cm³/mol. The lowest BCUT2D eigenvalue weighted by atomic mass is 9.81. The van der Waals surface area contributed by atoms with Crippen molar-refractivity contribution in [1.82, 2.24) is 4.90 Å². The Kier molecular flexibility index (Phi) is 3.45. The number of nitrogens with zero attached hydrogens (tertiary/aromatic N) is 1. The summed E-state index contributed by atoms with van der Waals surface area (Å²) in [5.41, 5.74) is 5.18. The first-order valence-corrected chi connectivity index (χ1v) is 6.90. The summed E-state index contributed by atoms with van der Waals surface area (Å²) in [4.78, 5) is 26.3. The van der Waals surface area contributed by atoms with Gasteiger partial charge >= 0.3 is 0 Å². The summed E-state index contributed by atoms with van der Waals surface area (Å²) in [6.07, 6.45) is 3.79. The lowest BCUT2D eigenvalue weighted by Gasteiger charge is -2.28.